The van der Waals surface area contributed by atoms with Gasteiger partial charge >= 0.3 is 0 Å². The number of benzene rings is 1. The maximum atomic E-state index is 12.2. The number of rotatable bonds is 5. The normalized spacial score (nSPS) is 11.9. The largest absolute Gasteiger partial charge is 0.325 e. The average molecular weight is 386 g/mol. The summed E-state index contributed by atoms with van der Waals surface area (Å²) >= 11 is 0. The van der Waals surface area contributed by atoms with E-state index in [9.17, 15) is 13.2 Å². The third-order valence-electron chi connectivity index (χ3n) is 4.36. The SMILES string of the molecule is Cc1ccn2cc(-c3ccc(C)c(NC(=O)CN(C)S(C)(=O)=O)c3)nc2c1. The number of nitrogens with one attached hydrogen (secondary N) is 1. The van der Waals surface area contributed by atoms with E-state index in [4.69, 9.17) is 0 Å². The smallest absolute Gasteiger partial charge is 0.239 e. The van der Waals surface area contributed by atoms with Gasteiger partial charge in [0.05, 0.1) is 18.5 Å². The molecule has 27 heavy (non-hydrogen) atoms. The highest BCUT2D eigenvalue weighted by molar-refractivity contribution is 7.88. The number of aromatic nitrogens is 2. The highest BCUT2D eigenvalue weighted by Gasteiger charge is 2.16. The molecule has 0 aliphatic heterocycles. The van der Waals surface area contributed by atoms with E-state index >= 15 is 0 Å². The highest BCUT2D eigenvalue weighted by Crippen LogP contribution is 2.25. The molecule has 0 atom stereocenters. The molecule has 1 aromatic carbocycles. The number of likely N-dealkylation sites (N-methyl/N-ethyl adjacent to an activating group) is 1. The average Bonchev–Trinajstić information content (AvgIpc) is 2.99. The minimum atomic E-state index is -3.41. The topological polar surface area (TPSA) is 83.8 Å². The van der Waals surface area contributed by atoms with Crippen molar-refractivity contribution in [3.63, 3.8) is 0 Å². The summed E-state index contributed by atoms with van der Waals surface area (Å²) in [6.45, 7) is 3.66. The van der Waals surface area contributed by atoms with Crippen LogP contribution in [-0.4, -0.2) is 47.9 Å². The first kappa shape index (κ1) is 19.1. The Morgan fingerprint density at radius 1 is 1.22 bits per heavy atom. The van der Waals surface area contributed by atoms with Crippen LogP contribution in [0.1, 0.15) is 11.1 Å². The molecule has 1 amide bonds. The standard InChI is InChI=1S/C19H22N4O3S/c1-13-7-8-23-11-17(20-18(23)9-13)15-6-5-14(2)16(10-15)21-19(24)12-22(3)27(4,25)26/h5-11H,12H2,1-4H3,(H,21,24). The van der Waals surface area contributed by atoms with Crippen LogP contribution >= 0.6 is 0 Å². The number of carbonyl (C=O) groups is 1. The van der Waals surface area contributed by atoms with E-state index in [2.05, 4.69) is 10.3 Å². The molecule has 0 saturated carbocycles. The first-order valence-electron chi connectivity index (χ1n) is 8.41. The Kier molecular flexibility index (Phi) is 5.03. The Morgan fingerprint density at radius 2 is 1.96 bits per heavy atom. The zero-order valence-electron chi connectivity index (χ0n) is 15.7. The van der Waals surface area contributed by atoms with Gasteiger partial charge in [0.15, 0.2) is 0 Å². The fourth-order valence-corrected chi connectivity index (χ4v) is 3.00. The summed E-state index contributed by atoms with van der Waals surface area (Å²) in [5, 5.41) is 2.79. The zero-order chi connectivity index (χ0) is 19.8. The molecule has 0 aliphatic carbocycles. The van der Waals surface area contributed by atoms with Crippen LogP contribution in [0.2, 0.25) is 0 Å². The second kappa shape index (κ2) is 7.13. The van der Waals surface area contributed by atoms with Crippen LogP contribution in [0.15, 0.2) is 42.7 Å². The molecule has 3 aromatic rings. The van der Waals surface area contributed by atoms with Crippen molar-refractivity contribution in [2.24, 2.45) is 0 Å². The van der Waals surface area contributed by atoms with E-state index in [0.717, 1.165) is 38.6 Å². The minimum absolute atomic E-state index is 0.240. The van der Waals surface area contributed by atoms with Gasteiger partial charge in [-0.15, -0.1) is 0 Å². The van der Waals surface area contributed by atoms with Crippen LogP contribution in [0.3, 0.4) is 0 Å². The van der Waals surface area contributed by atoms with Crippen LogP contribution in [0.5, 0.6) is 0 Å². The van der Waals surface area contributed by atoms with Crippen LogP contribution < -0.4 is 5.32 Å². The van der Waals surface area contributed by atoms with Crippen molar-refractivity contribution in [1.29, 1.82) is 0 Å². The van der Waals surface area contributed by atoms with Crippen LogP contribution in [0.4, 0.5) is 5.69 Å². The first-order valence-corrected chi connectivity index (χ1v) is 10.3. The Balaban J connectivity index is 1.86. The van der Waals surface area contributed by atoms with Crippen LogP contribution in [0.25, 0.3) is 16.9 Å². The molecule has 2 heterocycles. The van der Waals surface area contributed by atoms with E-state index in [0.29, 0.717) is 5.69 Å². The van der Waals surface area contributed by atoms with E-state index in [-0.39, 0.29) is 6.54 Å². The van der Waals surface area contributed by atoms with Gasteiger partial charge < -0.3 is 9.72 Å². The molecule has 3 rings (SSSR count). The molecule has 8 heteroatoms. The Morgan fingerprint density at radius 3 is 2.67 bits per heavy atom. The first-order chi connectivity index (χ1) is 12.6. The van der Waals surface area contributed by atoms with Crippen LogP contribution in [0, 0.1) is 13.8 Å². The van der Waals surface area contributed by atoms with Crippen molar-refractivity contribution in [1.82, 2.24) is 13.7 Å². The summed E-state index contributed by atoms with van der Waals surface area (Å²) in [6.07, 6.45) is 4.96. The van der Waals surface area contributed by atoms with E-state index in [1.807, 2.05) is 61.0 Å². The number of aryl methyl sites for hydroxylation is 2. The Bertz CT molecular complexity index is 1120. The van der Waals surface area contributed by atoms with Crippen molar-refractivity contribution in [2.75, 3.05) is 25.2 Å². The molecule has 0 unspecified atom stereocenters. The minimum Gasteiger partial charge on any atom is -0.325 e. The molecule has 142 valence electrons. The van der Waals surface area contributed by atoms with Crippen molar-refractivity contribution in [3.05, 3.63) is 53.9 Å². The van der Waals surface area contributed by atoms with Gasteiger partial charge in [-0.1, -0.05) is 12.1 Å². The molecule has 0 bridgehead atoms. The number of fused-ring (bicyclic) bond motifs is 1. The Hall–Kier alpha value is -2.71. The number of carbonyl (C=O) groups excluding carboxylic acids is 1. The second-order valence-electron chi connectivity index (χ2n) is 6.69. The highest BCUT2D eigenvalue weighted by atomic mass is 32.2. The van der Waals surface area contributed by atoms with Crippen LogP contribution in [-0.2, 0) is 14.8 Å². The van der Waals surface area contributed by atoms with Gasteiger partial charge in [0.2, 0.25) is 15.9 Å². The van der Waals surface area contributed by atoms with Gasteiger partial charge in [-0.3, -0.25) is 4.79 Å². The van der Waals surface area contributed by atoms with Gasteiger partial charge in [0.1, 0.15) is 5.65 Å². The van der Waals surface area contributed by atoms with Crippen molar-refractivity contribution in [3.8, 4) is 11.3 Å². The van der Waals surface area contributed by atoms with E-state index < -0.39 is 15.9 Å². The van der Waals surface area contributed by atoms with E-state index in [1.165, 1.54) is 7.05 Å². The van der Waals surface area contributed by atoms with Gasteiger partial charge in [-0.25, -0.2) is 13.4 Å². The predicted octanol–water partition coefficient (Wildman–Crippen LogP) is 2.45. The third-order valence-corrected chi connectivity index (χ3v) is 5.62. The number of imidazole rings is 1. The van der Waals surface area contributed by atoms with Gasteiger partial charge in [-0.2, -0.15) is 4.31 Å². The lowest BCUT2D eigenvalue weighted by atomic mass is 10.1. The summed E-state index contributed by atoms with van der Waals surface area (Å²) in [6, 6.07) is 9.71. The second-order valence-corrected chi connectivity index (χ2v) is 8.78. The monoisotopic (exact) mass is 386 g/mol. The number of nitrogens with zero attached hydrogens (tertiary/aromatic N) is 3. The number of hydrogen-bond donors (Lipinski definition) is 1. The number of anilines is 1. The van der Waals surface area contributed by atoms with Gasteiger partial charge in [0, 0.05) is 30.7 Å². The number of pyridine rings is 1. The third kappa shape index (κ3) is 4.35. The maximum Gasteiger partial charge on any atom is 0.239 e. The molecule has 0 spiro atoms. The molecule has 7 nitrogen and oxygen atoms in total. The van der Waals surface area contributed by atoms with Gasteiger partial charge in [-0.05, 0) is 43.2 Å². The lowest BCUT2D eigenvalue weighted by molar-refractivity contribution is -0.116. The van der Waals surface area contributed by atoms with Crippen molar-refractivity contribution in [2.45, 2.75) is 13.8 Å². The van der Waals surface area contributed by atoms with E-state index in [1.54, 1.807) is 0 Å². The molecule has 1 N–H and O–H groups in total. The maximum absolute atomic E-state index is 12.2. The fourth-order valence-electron chi connectivity index (χ4n) is 2.65. The number of hydrogen-bond acceptors (Lipinski definition) is 4. The predicted molar refractivity (Wildman–Crippen MR) is 106 cm³/mol. The quantitative estimate of drug-likeness (QED) is 0.730. The zero-order valence-corrected chi connectivity index (χ0v) is 16.5. The summed E-state index contributed by atoms with van der Waals surface area (Å²) < 4.78 is 25.9. The molecule has 0 aliphatic rings. The lowest BCUT2D eigenvalue weighted by Crippen LogP contribution is -2.34. The molecular formula is C19H22N4O3S. The van der Waals surface area contributed by atoms with Crippen molar-refractivity contribution < 1.29 is 13.2 Å². The molecule has 0 radical (unpaired) electrons. The van der Waals surface area contributed by atoms with Crippen molar-refractivity contribution >= 4 is 27.3 Å². The number of sulfonamides is 1. The summed E-state index contributed by atoms with van der Waals surface area (Å²) in [5.41, 5.74) is 5.16. The summed E-state index contributed by atoms with van der Waals surface area (Å²) in [5.74, 6) is -0.395. The number of amides is 1. The summed E-state index contributed by atoms with van der Waals surface area (Å²) in [4.78, 5) is 16.8. The summed E-state index contributed by atoms with van der Waals surface area (Å²) in [7, 11) is -2.04. The van der Waals surface area contributed by atoms with Gasteiger partial charge in [0.25, 0.3) is 0 Å². The Labute approximate surface area is 158 Å². The molecule has 0 fully saturated rings. The fraction of sp³-hybridized carbons (Fsp3) is 0.263. The lowest BCUT2D eigenvalue weighted by Gasteiger charge is -2.15. The molecular weight excluding hydrogens is 364 g/mol. The molecule has 0 saturated heterocycles. The molecule has 2 aromatic heterocycles.